The number of benzene rings is 2. The van der Waals surface area contributed by atoms with E-state index in [0.717, 1.165) is 27.2 Å². The molecule has 22 heavy (non-hydrogen) atoms. The van der Waals surface area contributed by atoms with Crippen LogP contribution < -0.4 is 5.56 Å². The van der Waals surface area contributed by atoms with Gasteiger partial charge in [-0.05, 0) is 36.6 Å². The minimum absolute atomic E-state index is 0.0314. The lowest BCUT2D eigenvalue weighted by Crippen LogP contribution is -2.20. The van der Waals surface area contributed by atoms with Crippen molar-refractivity contribution in [3.8, 4) is 5.82 Å². The molecular weight excluding hydrogens is 272 g/mol. The summed E-state index contributed by atoms with van der Waals surface area (Å²) in [6.45, 7) is 2.00. The number of aromatic nitrogens is 2. The van der Waals surface area contributed by atoms with Crippen LogP contribution in [-0.4, -0.2) is 9.55 Å². The van der Waals surface area contributed by atoms with Crippen molar-refractivity contribution in [1.82, 2.24) is 9.55 Å². The summed E-state index contributed by atoms with van der Waals surface area (Å²) in [6.07, 6.45) is 1.71. The molecule has 0 N–H and O–H groups in total. The van der Waals surface area contributed by atoms with Crippen LogP contribution in [0.3, 0.4) is 0 Å². The Bertz CT molecular complexity index is 1050. The highest BCUT2D eigenvalue weighted by molar-refractivity contribution is 6.06. The van der Waals surface area contributed by atoms with Crippen molar-refractivity contribution in [2.75, 3.05) is 0 Å². The lowest BCUT2D eigenvalue weighted by molar-refractivity contribution is 0.996. The van der Waals surface area contributed by atoms with Crippen molar-refractivity contribution >= 4 is 21.7 Å². The van der Waals surface area contributed by atoms with Crippen LogP contribution in [0.1, 0.15) is 5.56 Å². The van der Waals surface area contributed by atoms with Gasteiger partial charge in [-0.2, -0.15) is 0 Å². The molecular formula is C19H14N2O. The van der Waals surface area contributed by atoms with Gasteiger partial charge in [0, 0.05) is 17.0 Å². The van der Waals surface area contributed by atoms with Crippen LogP contribution >= 0.6 is 0 Å². The molecule has 106 valence electrons. The van der Waals surface area contributed by atoms with Gasteiger partial charge in [-0.1, -0.05) is 42.0 Å². The van der Waals surface area contributed by atoms with E-state index in [1.54, 1.807) is 10.8 Å². The van der Waals surface area contributed by atoms with Gasteiger partial charge < -0.3 is 0 Å². The van der Waals surface area contributed by atoms with Gasteiger partial charge >= 0.3 is 0 Å². The van der Waals surface area contributed by atoms with E-state index >= 15 is 0 Å². The standard InChI is InChI=1S/C19H14N2O/c1-13-9-10-14-15-6-2-3-7-17(15)21(19(22)16(14)12-13)18-8-4-5-11-20-18/h2-12H,1H3. The second kappa shape index (κ2) is 4.81. The summed E-state index contributed by atoms with van der Waals surface area (Å²) in [7, 11) is 0. The molecule has 4 rings (SSSR count). The number of nitrogens with zero attached hydrogens (tertiary/aromatic N) is 2. The molecule has 0 saturated carbocycles. The van der Waals surface area contributed by atoms with E-state index < -0.39 is 0 Å². The van der Waals surface area contributed by atoms with Crippen LogP contribution in [0.15, 0.2) is 71.7 Å². The van der Waals surface area contributed by atoms with E-state index in [4.69, 9.17) is 0 Å². The summed E-state index contributed by atoms with van der Waals surface area (Å²) < 4.78 is 1.69. The number of rotatable bonds is 1. The minimum atomic E-state index is -0.0314. The van der Waals surface area contributed by atoms with Crippen molar-refractivity contribution in [3.05, 3.63) is 82.8 Å². The molecule has 0 aliphatic rings. The Hall–Kier alpha value is -2.94. The van der Waals surface area contributed by atoms with Gasteiger partial charge in [-0.3, -0.25) is 9.36 Å². The van der Waals surface area contributed by atoms with Gasteiger partial charge in [0.1, 0.15) is 5.82 Å². The Balaban J connectivity index is 2.28. The van der Waals surface area contributed by atoms with Crippen LogP contribution in [-0.2, 0) is 0 Å². The van der Waals surface area contributed by atoms with E-state index in [9.17, 15) is 4.79 Å². The average Bonchev–Trinajstić information content (AvgIpc) is 2.56. The van der Waals surface area contributed by atoms with E-state index in [1.807, 2.05) is 67.6 Å². The average molecular weight is 286 g/mol. The van der Waals surface area contributed by atoms with Crippen molar-refractivity contribution < 1.29 is 0 Å². The molecule has 0 amide bonds. The van der Waals surface area contributed by atoms with Gasteiger partial charge in [0.15, 0.2) is 0 Å². The van der Waals surface area contributed by atoms with Gasteiger partial charge in [-0.25, -0.2) is 4.98 Å². The fourth-order valence-electron chi connectivity index (χ4n) is 2.91. The third-order valence-electron chi connectivity index (χ3n) is 3.92. The molecule has 0 aliphatic carbocycles. The molecule has 2 heterocycles. The first-order valence-electron chi connectivity index (χ1n) is 7.21. The largest absolute Gasteiger partial charge is 0.268 e. The molecule has 0 spiro atoms. The number of aryl methyl sites for hydroxylation is 1. The summed E-state index contributed by atoms with van der Waals surface area (Å²) in [6, 6.07) is 19.6. The van der Waals surface area contributed by atoms with E-state index in [2.05, 4.69) is 4.98 Å². The number of pyridine rings is 2. The smallest absolute Gasteiger partial charge is 0.264 e. The number of para-hydroxylation sites is 1. The Morgan fingerprint density at radius 2 is 1.68 bits per heavy atom. The predicted octanol–water partition coefficient (Wildman–Crippen LogP) is 3.85. The first-order chi connectivity index (χ1) is 10.8. The maximum Gasteiger partial charge on any atom is 0.264 e. The molecule has 2 aromatic carbocycles. The van der Waals surface area contributed by atoms with Gasteiger partial charge in [0.2, 0.25) is 0 Å². The highest BCUT2D eigenvalue weighted by Gasteiger charge is 2.12. The second-order valence-electron chi connectivity index (χ2n) is 5.39. The van der Waals surface area contributed by atoms with Gasteiger partial charge in [-0.15, -0.1) is 0 Å². The van der Waals surface area contributed by atoms with Crippen LogP contribution in [0, 0.1) is 6.92 Å². The Morgan fingerprint density at radius 3 is 2.50 bits per heavy atom. The van der Waals surface area contributed by atoms with Gasteiger partial charge in [0.05, 0.1) is 5.52 Å². The van der Waals surface area contributed by atoms with E-state index in [-0.39, 0.29) is 5.56 Å². The predicted molar refractivity (Wildman–Crippen MR) is 89.6 cm³/mol. The number of fused-ring (bicyclic) bond motifs is 3. The Morgan fingerprint density at radius 1 is 0.864 bits per heavy atom. The third-order valence-corrected chi connectivity index (χ3v) is 3.92. The maximum absolute atomic E-state index is 13.0. The molecule has 0 radical (unpaired) electrons. The lowest BCUT2D eigenvalue weighted by Gasteiger charge is -2.12. The molecule has 2 aromatic heterocycles. The lowest BCUT2D eigenvalue weighted by atomic mass is 10.0. The fourth-order valence-corrected chi connectivity index (χ4v) is 2.91. The zero-order valence-corrected chi connectivity index (χ0v) is 12.2. The fraction of sp³-hybridized carbons (Fsp3) is 0.0526. The van der Waals surface area contributed by atoms with Crippen molar-refractivity contribution in [3.63, 3.8) is 0 Å². The SMILES string of the molecule is Cc1ccc2c(c1)c(=O)n(-c1ccccn1)c1ccccc21. The molecule has 0 fully saturated rings. The number of hydrogen-bond acceptors (Lipinski definition) is 2. The van der Waals surface area contributed by atoms with Crippen LogP contribution in [0.25, 0.3) is 27.5 Å². The second-order valence-corrected chi connectivity index (χ2v) is 5.39. The van der Waals surface area contributed by atoms with E-state index in [1.165, 1.54) is 0 Å². The molecule has 0 atom stereocenters. The zero-order chi connectivity index (χ0) is 15.1. The molecule has 0 bridgehead atoms. The summed E-state index contributed by atoms with van der Waals surface area (Å²) >= 11 is 0. The highest BCUT2D eigenvalue weighted by Crippen LogP contribution is 2.24. The first-order valence-corrected chi connectivity index (χ1v) is 7.21. The Kier molecular flexibility index (Phi) is 2.79. The topological polar surface area (TPSA) is 34.9 Å². The summed E-state index contributed by atoms with van der Waals surface area (Å²) in [5.41, 5.74) is 1.92. The third kappa shape index (κ3) is 1.83. The molecule has 0 unspecified atom stereocenters. The van der Waals surface area contributed by atoms with Crippen molar-refractivity contribution in [2.45, 2.75) is 6.92 Å². The molecule has 4 aromatic rings. The minimum Gasteiger partial charge on any atom is -0.268 e. The Labute approximate surface area is 127 Å². The van der Waals surface area contributed by atoms with E-state index in [0.29, 0.717) is 5.82 Å². The van der Waals surface area contributed by atoms with Crippen molar-refractivity contribution in [1.29, 1.82) is 0 Å². The van der Waals surface area contributed by atoms with Crippen LogP contribution in [0.5, 0.6) is 0 Å². The van der Waals surface area contributed by atoms with Crippen LogP contribution in [0.2, 0.25) is 0 Å². The number of hydrogen-bond donors (Lipinski definition) is 0. The van der Waals surface area contributed by atoms with Crippen LogP contribution in [0.4, 0.5) is 0 Å². The summed E-state index contributed by atoms with van der Waals surface area (Å²) in [5.74, 6) is 0.645. The quantitative estimate of drug-likeness (QED) is 0.498. The molecule has 0 aliphatic heterocycles. The normalized spacial score (nSPS) is 11.1. The highest BCUT2D eigenvalue weighted by atomic mass is 16.1. The first kappa shape index (κ1) is 12.8. The molecule has 0 saturated heterocycles. The van der Waals surface area contributed by atoms with Gasteiger partial charge in [0.25, 0.3) is 5.56 Å². The molecule has 3 heteroatoms. The summed E-state index contributed by atoms with van der Waals surface area (Å²) in [5, 5.41) is 2.77. The summed E-state index contributed by atoms with van der Waals surface area (Å²) in [4.78, 5) is 17.4. The zero-order valence-electron chi connectivity index (χ0n) is 12.2. The monoisotopic (exact) mass is 286 g/mol. The van der Waals surface area contributed by atoms with Crippen molar-refractivity contribution in [2.24, 2.45) is 0 Å². The maximum atomic E-state index is 13.0. The molecule has 3 nitrogen and oxygen atoms in total.